The van der Waals surface area contributed by atoms with Crippen LogP contribution in [-0.4, -0.2) is 53.1 Å². The number of amidine groups is 1. The molecule has 1 saturated heterocycles. The van der Waals surface area contributed by atoms with Gasteiger partial charge in [0.25, 0.3) is 0 Å². The number of hydrogen-bond donors (Lipinski definition) is 2. The van der Waals surface area contributed by atoms with Gasteiger partial charge in [0.15, 0.2) is 5.84 Å². The van der Waals surface area contributed by atoms with Gasteiger partial charge in [0.05, 0.1) is 11.9 Å². The lowest BCUT2D eigenvalue weighted by atomic mass is 10.1. The zero-order valence-corrected chi connectivity index (χ0v) is 11.5. The summed E-state index contributed by atoms with van der Waals surface area (Å²) in [4.78, 5) is 8.84. The van der Waals surface area contributed by atoms with Crippen molar-refractivity contribution in [1.29, 1.82) is 0 Å². The van der Waals surface area contributed by atoms with Crippen LogP contribution in [0.3, 0.4) is 0 Å². The van der Waals surface area contributed by atoms with E-state index in [2.05, 4.69) is 33.8 Å². The number of anilines is 1. The minimum absolute atomic E-state index is 0.128. The number of hydrogen-bond acceptors (Lipinski definition) is 5. The van der Waals surface area contributed by atoms with E-state index < -0.39 is 0 Å². The highest BCUT2D eigenvalue weighted by Gasteiger charge is 2.24. The standard InChI is InChI=1S/C13H21N5O/c1-3-17-6-7-18(9-10(17)2)12-8-15-5-4-11(12)13(14)16-19/h4-5,8,10,19H,3,6-7,9H2,1-2H3,(H2,14,16). The zero-order chi connectivity index (χ0) is 13.8. The molecule has 0 aliphatic carbocycles. The van der Waals surface area contributed by atoms with Gasteiger partial charge in [0.2, 0.25) is 0 Å². The normalized spacial score (nSPS) is 21.7. The van der Waals surface area contributed by atoms with Gasteiger partial charge in [-0.15, -0.1) is 0 Å². The van der Waals surface area contributed by atoms with Crippen molar-refractivity contribution in [3.05, 3.63) is 24.0 Å². The Labute approximate surface area is 113 Å². The van der Waals surface area contributed by atoms with E-state index in [4.69, 9.17) is 10.9 Å². The second-order valence-corrected chi connectivity index (χ2v) is 4.80. The van der Waals surface area contributed by atoms with Crippen LogP contribution in [0.15, 0.2) is 23.6 Å². The van der Waals surface area contributed by atoms with E-state index in [9.17, 15) is 0 Å². The summed E-state index contributed by atoms with van der Waals surface area (Å²) < 4.78 is 0. The van der Waals surface area contributed by atoms with E-state index in [0.29, 0.717) is 6.04 Å². The first-order chi connectivity index (χ1) is 9.17. The molecule has 3 N–H and O–H groups in total. The molecule has 1 aliphatic rings. The number of nitrogens with zero attached hydrogens (tertiary/aromatic N) is 4. The average molecular weight is 263 g/mol. The fourth-order valence-corrected chi connectivity index (χ4v) is 2.59. The molecule has 0 amide bonds. The maximum absolute atomic E-state index is 8.86. The molecule has 1 fully saturated rings. The van der Waals surface area contributed by atoms with Crippen LogP contribution >= 0.6 is 0 Å². The van der Waals surface area contributed by atoms with Crippen LogP contribution < -0.4 is 10.6 Å². The first-order valence-electron chi connectivity index (χ1n) is 6.58. The number of pyridine rings is 1. The molecule has 1 aromatic heterocycles. The van der Waals surface area contributed by atoms with Crippen molar-refractivity contribution in [2.75, 3.05) is 31.1 Å². The molecule has 1 unspecified atom stereocenters. The van der Waals surface area contributed by atoms with Gasteiger partial charge in [-0.25, -0.2) is 0 Å². The third-order valence-electron chi connectivity index (χ3n) is 3.70. The highest BCUT2D eigenvalue weighted by atomic mass is 16.4. The Balaban J connectivity index is 2.24. The predicted octanol–water partition coefficient (Wildman–Crippen LogP) is 0.707. The Morgan fingerprint density at radius 3 is 3.00 bits per heavy atom. The Hall–Kier alpha value is -1.82. The van der Waals surface area contributed by atoms with Gasteiger partial charge in [0, 0.05) is 37.4 Å². The highest BCUT2D eigenvalue weighted by molar-refractivity contribution is 6.02. The van der Waals surface area contributed by atoms with Gasteiger partial charge in [-0.2, -0.15) is 0 Å². The van der Waals surface area contributed by atoms with Crippen molar-refractivity contribution in [1.82, 2.24) is 9.88 Å². The van der Waals surface area contributed by atoms with E-state index >= 15 is 0 Å². The molecule has 104 valence electrons. The SMILES string of the molecule is CCN1CCN(c2cnccc2/C(N)=N/O)CC1C. The molecule has 0 aromatic carbocycles. The molecule has 0 radical (unpaired) electrons. The molecule has 1 aliphatic heterocycles. The van der Waals surface area contributed by atoms with Crippen LogP contribution in [0.1, 0.15) is 19.4 Å². The van der Waals surface area contributed by atoms with Crippen molar-refractivity contribution < 1.29 is 5.21 Å². The lowest BCUT2D eigenvalue weighted by Gasteiger charge is -2.40. The lowest BCUT2D eigenvalue weighted by molar-refractivity contribution is 0.199. The topological polar surface area (TPSA) is 78.0 Å². The van der Waals surface area contributed by atoms with E-state index in [-0.39, 0.29) is 5.84 Å². The molecular formula is C13H21N5O. The van der Waals surface area contributed by atoms with Gasteiger partial charge < -0.3 is 15.8 Å². The maximum Gasteiger partial charge on any atom is 0.172 e. The fraction of sp³-hybridized carbons (Fsp3) is 0.538. The van der Waals surface area contributed by atoms with Gasteiger partial charge in [-0.3, -0.25) is 9.88 Å². The molecule has 2 heterocycles. The van der Waals surface area contributed by atoms with E-state index in [0.717, 1.165) is 37.4 Å². The van der Waals surface area contributed by atoms with Crippen molar-refractivity contribution in [3.63, 3.8) is 0 Å². The third kappa shape index (κ3) is 2.78. The van der Waals surface area contributed by atoms with Crippen LogP contribution in [0.25, 0.3) is 0 Å². The van der Waals surface area contributed by atoms with Gasteiger partial charge in [0.1, 0.15) is 0 Å². The molecule has 1 aromatic rings. The summed E-state index contributed by atoms with van der Waals surface area (Å²) in [6.45, 7) is 8.32. The van der Waals surface area contributed by atoms with Crippen LogP contribution in [0.2, 0.25) is 0 Å². The van der Waals surface area contributed by atoms with Crippen molar-refractivity contribution >= 4 is 11.5 Å². The summed E-state index contributed by atoms with van der Waals surface area (Å²) in [5.74, 6) is 0.128. The maximum atomic E-state index is 8.86. The second kappa shape index (κ2) is 5.88. The minimum atomic E-state index is 0.128. The Kier molecular flexibility index (Phi) is 4.21. The molecule has 1 atom stereocenters. The molecule has 2 rings (SSSR count). The molecule has 6 nitrogen and oxygen atoms in total. The molecule has 6 heteroatoms. The Bertz CT molecular complexity index is 462. The second-order valence-electron chi connectivity index (χ2n) is 4.80. The summed E-state index contributed by atoms with van der Waals surface area (Å²) in [7, 11) is 0. The van der Waals surface area contributed by atoms with E-state index in [1.54, 1.807) is 18.5 Å². The number of piperazine rings is 1. The van der Waals surface area contributed by atoms with Crippen molar-refractivity contribution in [2.45, 2.75) is 19.9 Å². The van der Waals surface area contributed by atoms with Crippen LogP contribution in [0.4, 0.5) is 5.69 Å². The smallest absolute Gasteiger partial charge is 0.172 e. The van der Waals surface area contributed by atoms with Crippen LogP contribution in [0.5, 0.6) is 0 Å². The molecule has 0 spiro atoms. The predicted molar refractivity (Wildman–Crippen MR) is 75.7 cm³/mol. The lowest BCUT2D eigenvalue weighted by Crippen LogP contribution is -2.52. The number of aromatic nitrogens is 1. The van der Waals surface area contributed by atoms with E-state index in [1.807, 2.05) is 0 Å². The minimum Gasteiger partial charge on any atom is -0.409 e. The van der Waals surface area contributed by atoms with Crippen molar-refractivity contribution in [3.8, 4) is 0 Å². The summed E-state index contributed by atoms with van der Waals surface area (Å²) >= 11 is 0. The summed E-state index contributed by atoms with van der Waals surface area (Å²) in [5.41, 5.74) is 7.39. The number of nitrogens with two attached hydrogens (primary N) is 1. The van der Waals surface area contributed by atoms with Gasteiger partial charge in [-0.1, -0.05) is 12.1 Å². The molecular weight excluding hydrogens is 242 g/mol. The van der Waals surface area contributed by atoms with Crippen LogP contribution in [0, 0.1) is 0 Å². The molecule has 0 saturated carbocycles. The largest absolute Gasteiger partial charge is 0.409 e. The third-order valence-corrected chi connectivity index (χ3v) is 3.70. The fourth-order valence-electron chi connectivity index (χ4n) is 2.59. The first kappa shape index (κ1) is 13.6. The van der Waals surface area contributed by atoms with Gasteiger partial charge in [-0.05, 0) is 19.5 Å². The first-order valence-corrected chi connectivity index (χ1v) is 6.58. The summed E-state index contributed by atoms with van der Waals surface area (Å²) in [5, 5.41) is 12.0. The van der Waals surface area contributed by atoms with Crippen LogP contribution in [-0.2, 0) is 0 Å². The molecule has 19 heavy (non-hydrogen) atoms. The Morgan fingerprint density at radius 2 is 2.37 bits per heavy atom. The average Bonchev–Trinajstić information content (AvgIpc) is 2.46. The zero-order valence-electron chi connectivity index (χ0n) is 11.5. The summed E-state index contributed by atoms with van der Waals surface area (Å²) in [6, 6.07) is 2.26. The molecule has 0 bridgehead atoms. The quantitative estimate of drug-likeness (QED) is 0.363. The monoisotopic (exact) mass is 263 g/mol. The van der Waals surface area contributed by atoms with Gasteiger partial charge >= 0.3 is 0 Å². The highest BCUT2D eigenvalue weighted by Crippen LogP contribution is 2.22. The van der Waals surface area contributed by atoms with Crippen molar-refractivity contribution in [2.24, 2.45) is 10.9 Å². The number of likely N-dealkylation sites (N-methyl/N-ethyl adjacent to an activating group) is 1. The van der Waals surface area contributed by atoms with E-state index in [1.165, 1.54) is 0 Å². The summed E-state index contributed by atoms with van der Waals surface area (Å²) in [6.07, 6.45) is 3.43. The Morgan fingerprint density at radius 1 is 1.58 bits per heavy atom. The number of oxime groups is 1. The number of rotatable bonds is 3.